The van der Waals surface area contributed by atoms with E-state index < -0.39 is 118 Å². The molecular formula is C21H34O17. The first kappa shape index (κ1) is 31.0. The topological polar surface area (TPSA) is 261 Å². The molecule has 3 heterocycles. The number of esters is 2. The molecular weight excluding hydrogens is 524 g/mol. The van der Waals surface area contributed by atoms with Crippen LogP contribution in [0.2, 0.25) is 0 Å². The smallest absolute Gasteiger partial charge is 0.303 e. The molecule has 0 aromatic rings. The van der Waals surface area contributed by atoms with Gasteiger partial charge < -0.3 is 74.0 Å². The Balaban J connectivity index is 1.88. The molecule has 0 amide bonds. The van der Waals surface area contributed by atoms with Gasteiger partial charge in [0.1, 0.15) is 54.9 Å². The number of carbonyl (C=O) groups excluding carboxylic acids is 2. The van der Waals surface area contributed by atoms with Crippen LogP contribution in [0.3, 0.4) is 0 Å². The van der Waals surface area contributed by atoms with Crippen LogP contribution in [0.5, 0.6) is 0 Å². The molecule has 17 heteroatoms. The summed E-state index contributed by atoms with van der Waals surface area (Å²) < 4.78 is 37.6. The van der Waals surface area contributed by atoms with Crippen molar-refractivity contribution in [1.82, 2.24) is 0 Å². The number of carbonyl (C=O) groups is 2. The third-order valence-electron chi connectivity index (χ3n) is 6.25. The molecule has 0 aliphatic carbocycles. The van der Waals surface area contributed by atoms with E-state index in [0.717, 1.165) is 13.8 Å². The maximum absolute atomic E-state index is 11.8. The summed E-state index contributed by atoms with van der Waals surface area (Å²) in [5, 5.41) is 80.7. The van der Waals surface area contributed by atoms with Gasteiger partial charge in [0.15, 0.2) is 31.1 Å². The van der Waals surface area contributed by atoms with E-state index in [9.17, 15) is 50.4 Å². The quantitative estimate of drug-likeness (QED) is 0.129. The molecule has 3 aliphatic heterocycles. The minimum absolute atomic E-state index is 0.494. The second kappa shape index (κ2) is 13.2. The number of aliphatic hydroxyl groups excluding tert-OH is 8. The molecule has 1 unspecified atom stereocenters. The standard InChI is InChI=1S/C21H34O17/c1-6(24)33-17-15(10(4-23)35-19(31)18(17)34-7(2)25)37-21-16(11(27)8(26)5-32-21)38-20-14(30)13(29)12(28)9(3-22)36-20/h8-23,26-31H,3-5H2,1-2H3/t8-,9-,10-,11+,12-,13+,14-,15-,16-,17-,18-,19?,20+,21+/m1/s1. The fourth-order valence-corrected chi connectivity index (χ4v) is 4.37. The average Bonchev–Trinajstić information content (AvgIpc) is 2.86. The zero-order chi connectivity index (χ0) is 28.3. The molecule has 14 atom stereocenters. The summed E-state index contributed by atoms with van der Waals surface area (Å²) in [6, 6.07) is 0. The average molecular weight is 558 g/mol. The summed E-state index contributed by atoms with van der Waals surface area (Å²) in [5.41, 5.74) is 0. The molecule has 38 heavy (non-hydrogen) atoms. The number of ether oxygens (including phenoxy) is 7. The third-order valence-corrected chi connectivity index (χ3v) is 6.25. The van der Waals surface area contributed by atoms with Crippen LogP contribution in [0.1, 0.15) is 13.8 Å². The second-order valence-electron chi connectivity index (χ2n) is 9.05. The Labute approximate surface area is 215 Å². The lowest BCUT2D eigenvalue weighted by Crippen LogP contribution is -2.66. The van der Waals surface area contributed by atoms with Crippen molar-refractivity contribution in [3.8, 4) is 0 Å². The van der Waals surface area contributed by atoms with E-state index in [0.29, 0.717) is 0 Å². The van der Waals surface area contributed by atoms with Crippen LogP contribution in [0, 0.1) is 0 Å². The van der Waals surface area contributed by atoms with Crippen LogP contribution in [-0.4, -0.2) is 159 Å². The monoisotopic (exact) mass is 558 g/mol. The Hall–Kier alpha value is -1.58. The van der Waals surface area contributed by atoms with Crippen LogP contribution in [0.25, 0.3) is 0 Å². The van der Waals surface area contributed by atoms with Crippen molar-refractivity contribution < 1.29 is 83.6 Å². The Morgan fingerprint density at radius 3 is 1.84 bits per heavy atom. The van der Waals surface area contributed by atoms with Gasteiger partial charge in [-0.25, -0.2) is 0 Å². The molecule has 0 saturated carbocycles. The predicted octanol–water partition coefficient (Wildman–Crippen LogP) is -5.79. The van der Waals surface area contributed by atoms with Gasteiger partial charge in [-0.05, 0) is 0 Å². The van der Waals surface area contributed by atoms with E-state index in [2.05, 4.69) is 0 Å². The fourth-order valence-electron chi connectivity index (χ4n) is 4.37. The molecule has 3 fully saturated rings. The van der Waals surface area contributed by atoms with Crippen LogP contribution in [0.4, 0.5) is 0 Å². The van der Waals surface area contributed by atoms with Gasteiger partial charge in [0.2, 0.25) is 0 Å². The number of aliphatic hydroxyl groups is 8. The highest BCUT2D eigenvalue weighted by molar-refractivity contribution is 5.67. The second-order valence-corrected chi connectivity index (χ2v) is 9.05. The highest BCUT2D eigenvalue weighted by Gasteiger charge is 2.54. The number of hydrogen-bond acceptors (Lipinski definition) is 17. The molecule has 3 saturated heterocycles. The van der Waals surface area contributed by atoms with Gasteiger partial charge in [-0.2, -0.15) is 0 Å². The van der Waals surface area contributed by atoms with E-state index in [1.54, 1.807) is 0 Å². The SMILES string of the molecule is CC(=O)O[C@@H]1[C@H](O[C@@H]2OC[C@@H](O)[C@H](O)[C@H]2O[C@@H]2O[C@H](CO)[C@@H](O)[C@H](O)[C@H]2O)[C@@H](CO)OC(O)[C@@H]1OC(C)=O. The van der Waals surface area contributed by atoms with Crippen molar-refractivity contribution in [2.24, 2.45) is 0 Å². The van der Waals surface area contributed by atoms with Crippen molar-refractivity contribution in [3.63, 3.8) is 0 Å². The molecule has 0 radical (unpaired) electrons. The molecule has 8 N–H and O–H groups in total. The largest absolute Gasteiger partial charge is 0.455 e. The Morgan fingerprint density at radius 2 is 1.26 bits per heavy atom. The van der Waals surface area contributed by atoms with Crippen molar-refractivity contribution in [2.45, 2.75) is 99.9 Å². The Bertz CT molecular complexity index is 796. The maximum atomic E-state index is 11.8. The van der Waals surface area contributed by atoms with Gasteiger partial charge in [-0.3, -0.25) is 9.59 Å². The fraction of sp³-hybridized carbons (Fsp3) is 0.905. The van der Waals surface area contributed by atoms with Gasteiger partial charge in [0.05, 0.1) is 19.8 Å². The van der Waals surface area contributed by atoms with Gasteiger partial charge in [0.25, 0.3) is 0 Å². The molecule has 0 aromatic carbocycles. The summed E-state index contributed by atoms with van der Waals surface area (Å²) >= 11 is 0. The molecule has 0 aromatic heterocycles. The first-order valence-electron chi connectivity index (χ1n) is 11.8. The van der Waals surface area contributed by atoms with Crippen LogP contribution in [-0.2, 0) is 42.7 Å². The van der Waals surface area contributed by atoms with Gasteiger partial charge in [-0.1, -0.05) is 0 Å². The summed E-state index contributed by atoms with van der Waals surface area (Å²) in [6.45, 7) is 0.00478. The molecule has 0 spiro atoms. The third kappa shape index (κ3) is 6.76. The number of hydrogen-bond donors (Lipinski definition) is 8. The van der Waals surface area contributed by atoms with E-state index in [-0.39, 0.29) is 0 Å². The van der Waals surface area contributed by atoms with Crippen molar-refractivity contribution >= 4 is 11.9 Å². The van der Waals surface area contributed by atoms with E-state index in [1.807, 2.05) is 0 Å². The van der Waals surface area contributed by atoms with Crippen molar-refractivity contribution in [2.75, 3.05) is 19.8 Å². The Morgan fingerprint density at radius 1 is 0.684 bits per heavy atom. The zero-order valence-electron chi connectivity index (χ0n) is 20.5. The summed E-state index contributed by atoms with van der Waals surface area (Å²) in [7, 11) is 0. The van der Waals surface area contributed by atoms with Crippen LogP contribution in [0.15, 0.2) is 0 Å². The van der Waals surface area contributed by atoms with Crippen LogP contribution < -0.4 is 0 Å². The van der Waals surface area contributed by atoms with Gasteiger partial charge >= 0.3 is 11.9 Å². The minimum atomic E-state index is -1.87. The van der Waals surface area contributed by atoms with Crippen molar-refractivity contribution in [1.29, 1.82) is 0 Å². The summed E-state index contributed by atoms with van der Waals surface area (Å²) in [4.78, 5) is 23.4. The van der Waals surface area contributed by atoms with E-state index in [4.69, 9.17) is 33.2 Å². The van der Waals surface area contributed by atoms with Crippen molar-refractivity contribution in [3.05, 3.63) is 0 Å². The maximum Gasteiger partial charge on any atom is 0.303 e. The first-order chi connectivity index (χ1) is 17.9. The van der Waals surface area contributed by atoms with E-state index in [1.165, 1.54) is 0 Å². The highest BCUT2D eigenvalue weighted by atomic mass is 16.8. The van der Waals surface area contributed by atoms with Gasteiger partial charge in [-0.15, -0.1) is 0 Å². The lowest BCUT2D eigenvalue weighted by Gasteiger charge is -2.47. The predicted molar refractivity (Wildman–Crippen MR) is 114 cm³/mol. The lowest BCUT2D eigenvalue weighted by molar-refractivity contribution is -0.377. The molecule has 3 aliphatic rings. The van der Waals surface area contributed by atoms with Gasteiger partial charge in [0, 0.05) is 13.8 Å². The lowest BCUT2D eigenvalue weighted by atomic mass is 9.97. The first-order valence-corrected chi connectivity index (χ1v) is 11.8. The zero-order valence-corrected chi connectivity index (χ0v) is 20.5. The highest BCUT2D eigenvalue weighted by Crippen LogP contribution is 2.32. The molecule has 0 bridgehead atoms. The Kier molecular flexibility index (Phi) is 10.7. The molecule has 3 rings (SSSR count). The minimum Gasteiger partial charge on any atom is -0.455 e. The molecule has 220 valence electrons. The normalized spacial score (nSPS) is 45.8. The summed E-state index contributed by atoms with van der Waals surface area (Å²) in [6.07, 6.45) is -23.0. The molecule has 17 nitrogen and oxygen atoms in total. The number of rotatable bonds is 8. The van der Waals surface area contributed by atoms with E-state index >= 15 is 0 Å². The van der Waals surface area contributed by atoms with Crippen LogP contribution >= 0.6 is 0 Å². The summed E-state index contributed by atoms with van der Waals surface area (Å²) in [5.74, 6) is -1.74.